The minimum atomic E-state index is 0. The molecule has 0 spiro atoms. The van der Waals surface area contributed by atoms with E-state index in [1.807, 2.05) is 31.6 Å². The monoisotopic (exact) mass is 500 g/mol. The van der Waals surface area contributed by atoms with E-state index in [-0.39, 0.29) is 30.0 Å². The molecule has 0 saturated carbocycles. The van der Waals surface area contributed by atoms with Gasteiger partial charge in [-0.2, -0.15) is 5.10 Å². The molecule has 0 amide bonds. The number of aryl methyl sites for hydroxylation is 3. The Morgan fingerprint density at radius 1 is 1.21 bits per heavy atom. The molecule has 2 N–H and O–H groups in total. The van der Waals surface area contributed by atoms with Crippen LogP contribution in [-0.2, 0) is 13.6 Å². The normalized spacial score (nSPS) is 16.1. The summed E-state index contributed by atoms with van der Waals surface area (Å²) >= 11 is 0. The van der Waals surface area contributed by atoms with Crippen molar-refractivity contribution in [3.63, 3.8) is 0 Å². The van der Waals surface area contributed by atoms with Gasteiger partial charge in [0, 0.05) is 38.4 Å². The molecule has 2 aromatic heterocycles. The van der Waals surface area contributed by atoms with Crippen LogP contribution in [0.2, 0.25) is 0 Å². The Balaban J connectivity index is 0.00000280. The molecule has 0 aromatic carbocycles. The molecule has 1 aliphatic heterocycles. The van der Waals surface area contributed by atoms with Crippen LogP contribution in [0.4, 0.5) is 0 Å². The molecular weight excluding hydrogens is 467 g/mol. The van der Waals surface area contributed by atoms with Crippen LogP contribution in [0.25, 0.3) is 0 Å². The van der Waals surface area contributed by atoms with E-state index in [1.54, 1.807) is 7.05 Å². The standard InChI is InChI=1S/C20H32N6O.HI/c1-14-8-9-19(27-14)18(26-10-6-7-11-26)13-23-20(21-4)22-12-17-15(2)24-25(5)16(17)3;/h8-9,18H,6-7,10-13H2,1-5H3,(H2,21,22,23);1H. The van der Waals surface area contributed by atoms with E-state index in [0.29, 0.717) is 6.54 Å². The number of aromatic nitrogens is 2. The molecule has 28 heavy (non-hydrogen) atoms. The van der Waals surface area contributed by atoms with Gasteiger partial charge < -0.3 is 15.1 Å². The quantitative estimate of drug-likeness (QED) is 0.363. The molecule has 1 fully saturated rings. The van der Waals surface area contributed by atoms with Crippen LogP contribution in [0.15, 0.2) is 21.5 Å². The number of nitrogens with one attached hydrogen (secondary N) is 2. The molecule has 8 heteroatoms. The Hall–Kier alpha value is -1.55. The van der Waals surface area contributed by atoms with Crippen LogP contribution in [0.3, 0.4) is 0 Å². The van der Waals surface area contributed by atoms with Gasteiger partial charge >= 0.3 is 0 Å². The summed E-state index contributed by atoms with van der Waals surface area (Å²) in [7, 11) is 3.78. The van der Waals surface area contributed by atoms with Crippen molar-refractivity contribution in [2.45, 2.75) is 46.2 Å². The molecule has 156 valence electrons. The topological polar surface area (TPSA) is 70.6 Å². The van der Waals surface area contributed by atoms with Gasteiger partial charge in [0.25, 0.3) is 0 Å². The number of nitrogens with zero attached hydrogens (tertiary/aromatic N) is 4. The third-order valence-corrected chi connectivity index (χ3v) is 5.45. The van der Waals surface area contributed by atoms with Crippen LogP contribution >= 0.6 is 24.0 Å². The molecule has 1 saturated heterocycles. The third-order valence-electron chi connectivity index (χ3n) is 5.45. The maximum absolute atomic E-state index is 5.93. The number of hydrogen-bond donors (Lipinski definition) is 2. The molecule has 2 aromatic rings. The molecule has 1 aliphatic rings. The highest BCUT2D eigenvalue weighted by molar-refractivity contribution is 14.0. The molecule has 3 rings (SSSR count). The van der Waals surface area contributed by atoms with Gasteiger partial charge in [-0.05, 0) is 58.8 Å². The summed E-state index contributed by atoms with van der Waals surface area (Å²) in [5.41, 5.74) is 3.45. The minimum absolute atomic E-state index is 0. The van der Waals surface area contributed by atoms with E-state index in [4.69, 9.17) is 4.42 Å². The van der Waals surface area contributed by atoms with Gasteiger partial charge in [0.05, 0.1) is 11.7 Å². The number of likely N-dealkylation sites (tertiary alicyclic amines) is 1. The first-order valence-corrected chi connectivity index (χ1v) is 9.73. The fourth-order valence-corrected chi connectivity index (χ4v) is 3.75. The van der Waals surface area contributed by atoms with E-state index in [9.17, 15) is 0 Å². The molecule has 0 radical (unpaired) electrons. The highest BCUT2D eigenvalue weighted by Crippen LogP contribution is 2.26. The summed E-state index contributed by atoms with van der Waals surface area (Å²) in [5.74, 6) is 2.78. The van der Waals surface area contributed by atoms with Crippen LogP contribution in [-0.4, -0.2) is 47.3 Å². The first kappa shape index (κ1) is 22.7. The first-order chi connectivity index (χ1) is 13.0. The Labute approximate surface area is 185 Å². The van der Waals surface area contributed by atoms with Crippen molar-refractivity contribution in [1.29, 1.82) is 0 Å². The van der Waals surface area contributed by atoms with Crippen molar-refractivity contribution in [3.8, 4) is 0 Å². The van der Waals surface area contributed by atoms with Gasteiger partial charge in [0.2, 0.25) is 0 Å². The Bertz CT molecular complexity index is 791. The SMILES string of the molecule is CN=C(NCc1c(C)nn(C)c1C)NCC(c1ccc(C)o1)N1CCCC1.I. The lowest BCUT2D eigenvalue weighted by Crippen LogP contribution is -2.42. The van der Waals surface area contributed by atoms with E-state index in [0.717, 1.165) is 42.8 Å². The summed E-state index contributed by atoms with van der Waals surface area (Å²) in [5, 5.41) is 11.4. The lowest BCUT2D eigenvalue weighted by Gasteiger charge is -2.26. The van der Waals surface area contributed by atoms with E-state index >= 15 is 0 Å². The number of furan rings is 1. The van der Waals surface area contributed by atoms with Crippen molar-refractivity contribution in [2.75, 3.05) is 26.7 Å². The average Bonchev–Trinajstić information content (AvgIpc) is 3.36. The summed E-state index contributed by atoms with van der Waals surface area (Å²) in [6.45, 7) is 9.84. The van der Waals surface area contributed by atoms with Crippen molar-refractivity contribution < 1.29 is 4.42 Å². The molecule has 0 aliphatic carbocycles. The molecular formula is C20H33IN6O. The number of hydrogen-bond acceptors (Lipinski definition) is 4. The number of aliphatic imine (C=N–C) groups is 1. The third kappa shape index (κ3) is 5.28. The molecule has 1 atom stereocenters. The second-order valence-electron chi connectivity index (χ2n) is 7.29. The molecule has 0 bridgehead atoms. The summed E-state index contributed by atoms with van der Waals surface area (Å²) in [4.78, 5) is 6.88. The smallest absolute Gasteiger partial charge is 0.191 e. The predicted molar refractivity (Wildman–Crippen MR) is 123 cm³/mol. The molecule has 7 nitrogen and oxygen atoms in total. The number of rotatable bonds is 6. The Kier molecular flexibility index (Phi) is 8.36. The Morgan fingerprint density at radius 2 is 1.93 bits per heavy atom. The predicted octanol–water partition coefficient (Wildman–Crippen LogP) is 3.06. The van der Waals surface area contributed by atoms with Gasteiger partial charge in [-0.1, -0.05) is 0 Å². The highest BCUT2D eigenvalue weighted by atomic mass is 127. The van der Waals surface area contributed by atoms with Crippen LogP contribution in [0, 0.1) is 20.8 Å². The summed E-state index contributed by atoms with van der Waals surface area (Å²) in [6.07, 6.45) is 2.51. The van der Waals surface area contributed by atoms with Crippen LogP contribution in [0.1, 0.15) is 47.4 Å². The largest absolute Gasteiger partial charge is 0.465 e. The van der Waals surface area contributed by atoms with Gasteiger partial charge in [-0.3, -0.25) is 14.6 Å². The van der Waals surface area contributed by atoms with Crippen LogP contribution < -0.4 is 10.6 Å². The maximum Gasteiger partial charge on any atom is 0.191 e. The van der Waals surface area contributed by atoms with Crippen molar-refractivity contribution in [3.05, 3.63) is 40.6 Å². The van der Waals surface area contributed by atoms with Crippen molar-refractivity contribution in [1.82, 2.24) is 25.3 Å². The van der Waals surface area contributed by atoms with E-state index in [2.05, 4.69) is 38.6 Å². The fraction of sp³-hybridized carbons (Fsp3) is 0.600. The van der Waals surface area contributed by atoms with Gasteiger partial charge in [0.1, 0.15) is 11.5 Å². The number of halogens is 1. The van der Waals surface area contributed by atoms with Crippen molar-refractivity contribution in [2.24, 2.45) is 12.0 Å². The van der Waals surface area contributed by atoms with E-state index < -0.39 is 0 Å². The van der Waals surface area contributed by atoms with Gasteiger partial charge in [-0.25, -0.2) is 0 Å². The maximum atomic E-state index is 5.93. The van der Waals surface area contributed by atoms with Gasteiger partial charge in [0.15, 0.2) is 5.96 Å². The average molecular weight is 500 g/mol. The van der Waals surface area contributed by atoms with Crippen molar-refractivity contribution >= 4 is 29.9 Å². The van der Waals surface area contributed by atoms with Gasteiger partial charge in [-0.15, -0.1) is 24.0 Å². The molecule has 1 unspecified atom stereocenters. The zero-order valence-electron chi connectivity index (χ0n) is 17.6. The number of guanidine groups is 1. The zero-order chi connectivity index (χ0) is 19.4. The van der Waals surface area contributed by atoms with Crippen LogP contribution in [0.5, 0.6) is 0 Å². The second-order valence-corrected chi connectivity index (χ2v) is 7.29. The lowest BCUT2D eigenvalue weighted by atomic mass is 10.2. The first-order valence-electron chi connectivity index (χ1n) is 9.73. The van der Waals surface area contributed by atoms with E-state index in [1.165, 1.54) is 24.1 Å². The fourth-order valence-electron chi connectivity index (χ4n) is 3.75. The zero-order valence-corrected chi connectivity index (χ0v) is 19.9. The Morgan fingerprint density at radius 3 is 2.46 bits per heavy atom. The summed E-state index contributed by atoms with van der Waals surface area (Å²) in [6, 6.07) is 4.36. The molecule has 3 heterocycles. The lowest BCUT2D eigenvalue weighted by molar-refractivity contribution is 0.213. The summed E-state index contributed by atoms with van der Waals surface area (Å²) < 4.78 is 7.86. The highest BCUT2D eigenvalue weighted by Gasteiger charge is 2.26. The second kappa shape index (κ2) is 10.3. The minimum Gasteiger partial charge on any atom is -0.465 e.